The van der Waals surface area contributed by atoms with Gasteiger partial charge in [0.25, 0.3) is 0 Å². The highest BCUT2D eigenvalue weighted by Crippen LogP contribution is 2.27. The minimum atomic E-state index is 0.815. The van der Waals surface area contributed by atoms with E-state index in [1.165, 1.54) is 55.1 Å². The molecular formula is C16H26N2S. The molecule has 2 nitrogen and oxygen atoms in total. The Labute approximate surface area is 121 Å². The van der Waals surface area contributed by atoms with Crippen LogP contribution in [0.3, 0.4) is 0 Å². The molecule has 2 heterocycles. The van der Waals surface area contributed by atoms with Gasteiger partial charge in [-0.25, -0.2) is 0 Å². The van der Waals surface area contributed by atoms with Crippen LogP contribution in [0.25, 0.3) is 0 Å². The molecular weight excluding hydrogens is 252 g/mol. The first-order chi connectivity index (χ1) is 9.24. The molecule has 1 N–H and O–H groups in total. The molecule has 1 aromatic heterocycles. The number of aryl methyl sites for hydroxylation is 1. The minimum Gasteiger partial charge on any atom is -0.309 e. The number of hydrogen-bond acceptors (Lipinski definition) is 3. The topological polar surface area (TPSA) is 15.3 Å². The highest BCUT2D eigenvalue weighted by atomic mass is 32.1. The van der Waals surface area contributed by atoms with Gasteiger partial charge in [0.15, 0.2) is 0 Å². The maximum atomic E-state index is 3.62. The minimum absolute atomic E-state index is 0.815. The Morgan fingerprint density at radius 1 is 1.37 bits per heavy atom. The molecule has 0 bridgehead atoms. The van der Waals surface area contributed by atoms with Crippen molar-refractivity contribution in [3.63, 3.8) is 0 Å². The van der Waals surface area contributed by atoms with Gasteiger partial charge in [-0.15, -0.1) is 11.3 Å². The molecule has 1 aliphatic heterocycles. The summed E-state index contributed by atoms with van der Waals surface area (Å²) >= 11 is 1.98. The van der Waals surface area contributed by atoms with E-state index in [2.05, 4.69) is 30.1 Å². The molecule has 0 aromatic carbocycles. The highest BCUT2D eigenvalue weighted by molar-refractivity contribution is 7.12. The van der Waals surface area contributed by atoms with Crippen molar-refractivity contribution >= 4 is 11.3 Å². The van der Waals surface area contributed by atoms with E-state index in [-0.39, 0.29) is 0 Å². The number of nitrogens with zero attached hydrogens (tertiary/aromatic N) is 1. The fraction of sp³-hybridized carbons (Fsp3) is 0.750. The Morgan fingerprint density at radius 3 is 2.89 bits per heavy atom. The van der Waals surface area contributed by atoms with E-state index in [9.17, 15) is 0 Å². The van der Waals surface area contributed by atoms with E-state index in [4.69, 9.17) is 0 Å². The van der Waals surface area contributed by atoms with E-state index >= 15 is 0 Å². The molecule has 3 heteroatoms. The third kappa shape index (κ3) is 3.59. The smallest absolute Gasteiger partial charge is 0.0302 e. The number of hydrogen-bond donors (Lipinski definition) is 1. The van der Waals surface area contributed by atoms with E-state index in [0.29, 0.717) is 0 Å². The summed E-state index contributed by atoms with van der Waals surface area (Å²) in [5.74, 6) is 0.940. The van der Waals surface area contributed by atoms with E-state index in [1.54, 1.807) is 5.56 Å². The molecule has 2 aliphatic rings. The molecule has 2 fully saturated rings. The summed E-state index contributed by atoms with van der Waals surface area (Å²) < 4.78 is 0. The predicted molar refractivity (Wildman–Crippen MR) is 82.6 cm³/mol. The van der Waals surface area contributed by atoms with Crippen LogP contribution in [0.5, 0.6) is 0 Å². The van der Waals surface area contributed by atoms with Crippen LogP contribution in [0.1, 0.15) is 47.9 Å². The molecule has 1 unspecified atom stereocenters. The lowest BCUT2D eigenvalue weighted by molar-refractivity contribution is 0.315. The second kappa shape index (κ2) is 5.94. The number of rotatable bonds is 6. The van der Waals surface area contributed by atoms with Gasteiger partial charge < -0.3 is 5.32 Å². The van der Waals surface area contributed by atoms with E-state index < -0.39 is 0 Å². The van der Waals surface area contributed by atoms with Gasteiger partial charge in [-0.2, -0.15) is 0 Å². The van der Waals surface area contributed by atoms with Crippen molar-refractivity contribution < 1.29 is 0 Å². The summed E-state index contributed by atoms with van der Waals surface area (Å²) in [5.41, 5.74) is 1.56. The Balaban J connectivity index is 1.54. The van der Waals surface area contributed by atoms with Crippen molar-refractivity contribution in [3.05, 3.63) is 21.4 Å². The molecule has 0 amide bonds. The van der Waals surface area contributed by atoms with Crippen molar-refractivity contribution in [1.82, 2.24) is 10.2 Å². The van der Waals surface area contributed by atoms with Crippen LogP contribution in [0.2, 0.25) is 0 Å². The van der Waals surface area contributed by atoms with E-state index in [1.807, 2.05) is 11.3 Å². The summed E-state index contributed by atoms with van der Waals surface area (Å²) in [6, 6.07) is 3.25. The summed E-state index contributed by atoms with van der Waals surface area (Å²) in [6.07, 6.45) is 5.50. The fourth-order valence-electron chi connectivity index (χ4n) is 2.99. The van der Waals surface area contributed by atoms with Gasteiger partial charge in [0.2, 0.25) is 0 Å². The zero-order valence-corrected chi connectivity index (χ0v) is 13.1. The van der Waals surface area contributed by atoms with Gasteiger partial charge in [0.05, 0.1) is 0 Å². The lowest BCUT2D eigenvalue weighted by Crippen LogP contribution is -2.20. The Bertz CT molecular complexity index is 422. The van der Waals surface area contributed by atoms with E-state index in [0.717, 1.165) is 18.5 Å². The number of nitrogens with one attached hydrogen (secondary N) is 1. The molecule has 106 valence electrons. The van der Waals surface area contributed by atoms with Crippen LogP contribution in [0, 0.1) is 12.8 Å². The first kappa shape index (κ1) is 13.6. The van der Waals surface area contributed by atoms with Crippen LogP contribution >= 0.6 is 11.3 Å². The van der Waals surface area contributed by atoms with Gasteiger partial charge >= 0.3 is 0 Å². The number of likely N-dealkylation sites (tertiary alicyclic amines) is 1. The largest absolute Gasteiger partial charge is 0.309 e. The van der Waals surface area contributed by atoms with Crippen LogP contribution < -0.4 is 5.32 Å². The maximum absolute atomic E-state index is 3.62. The normalized spacial score (nSPS) is 24.2. The summed E-state index contributed by atoms with van der Waals surface area (Å²) in [7, 11) is 0. The molecule has 1 aliphatic carbocycles. The number of thiophene rings is 1. The average Bonchev–Trinajstić information content (AvgIpc) is 3.02. The second-order valence-corrected chi connectivity index (χ2v) is 7.59. The second-order valence-electron chi connectivity index (χ2n) is 6.25. The Morgan fingerprint density at radius 2 is 2.21 bits per heavy atom. The maximum Gasteiger partial charge on any atom is 0.0302 e. The van der Waals surface area contributed by atoms with Crippen LogP contribution in [-0.4, -0.2) is 24.0 Å². The van der Waals surface area contributed by atoms with Crippen molar-refractivity contribution in [3.8, 4) is 0 Å². The zero-order chi connectivity index (χ0) is 13.2. The van der Waals surface area contributed by atoms with Crippen LogP contribution in [0.15, 0.2) is 6.07 Å². The Hall–Kier alpha value is -0.380. The van der Waals surface area contributed by atoms with Crippen molar-refractivity contribution in [2.24, 2.45) is 5.92 Å². The molecule has 19 heavy (non-hydrogen) atoms. The average molecular weight is 278 g/mol. The van der Waals surface area contributed by atoms with Crippen molar-refractivity contribution in [1.29, 1.82) is 0 Å². The van der Waals surface area contributed by atoms with Gasteiger partial charge in [-0.3, -0.25) is 4.90 Å². The fourth-order valence-corrected chi connectivity index (χ4v) is 4.00. The molecule has 0 spiro atoms. The van der Waals surface area contributed by atoms with Crippen molar-refractivity contribution in [2.45, 2.75) is 58.7 Å². The Kier molecular flexibility index (Phi) is 4.25. The third-order valence-corrected chi connectivity index (χ3v) is 5.65. The van der Waals surface area contributed by atoms with Gasteiger partial charge in [-0.05, 0) is 50.3 Å². The summed E-state index contributed by atoms with van der Waals surface area (Å²) in [5, 5.41) is 3.62. The van der Waals surface area contributed by atoms with Gasteiger partial charge in [0.1, 0.15) is 0 Å². The molecule has 1 atom stereocenters. The molecule has 1 saturated carbocycles. The third-order valence-electron chi connectivity index (χ3n) is 4.56. The predicted octanol–water partition coefficient (Wildman–Crippen LogP) is 3.54. The zero-order valence-electron chi connectivity index (χ0n) is 12.2. The quantitative estimate of drug-likeness (QED) is 0.856. The first-order valence-electron chi connectivity index (χ1n) is 7.78. The SMILES string of the molecule is CCC1CCN(Cc2cc(CNC3CC3)sc2C)C1. The van der Waals surface area contributed by atoms with Gasteiger partial charge in [-0.1, -0.05) is 13.3 Å². The lowest BCUT2D eigenvalue weighted by Gasteiger charge is -2.15. The first-order valence-corrected chi connectivity index (χ1v) is 8.60. The summed E-state index contributed by atoms with van der Waals surface area (Å²) in [6.45, 7) is 9.46. The summed E-state index contributed by atoms with van der Waals surface area (Å²) in [4.78, 5) is 5.68. The monoisotopic (exact) mass is 278 g/mol. The standard InChI is InChI=1S/C16H26N2S/c1-3-13-6-7-18(10-13)11-14-8-16(19-12(14)2)9-17-15-4-5-15/h8,13,15,17H,3-7,9-11H2,1-2H3. The molecule has 0 radical (unpaired) electrons. The van der Waals surface area contributed by atoms with Crippen LogP contribution in [-0.2, 0) is 13.1 Å². The lowest BCUT2D eigenvalue weighted by atomic mass is 10.1. The molecule has 1 aromatic rings. The van der Waals surface area contributed by atoms with Crippen molar-refractivity contribution in [2.75, 3.05) is 13.1 Å². The molecule has 3 rings (SSSR count). The van der Waals surface area contributed by atoms with Gasteiger partial charge in [0, 0.05) is 35.4 Å². The molecule has 1 saturated heterocycles. The highest BCUT2D eigenvalue weighted by Gasteiger charge is 2.23. The van der Waals surface area contributed by atoms with Crippen LogP contribution in [0.4, 0.5) is 0 Å².